The highest BCUT2D eigenvalue weighted by atomic mass is 35.5. The van der Waals surface area contributed by atoms with E-state index in [0.29, 0.717) is 12.1 Å². The summed E-state index contributed by atoms with van der Waals surface area (Å²) < 4.78 is 34.7. The molecule has 40 heavy (non-hydrogen) atoms. The van der Waals surface area contributed by atoms with Crippen molar-refractivity contribution in [1.82, 2.24) is 9.97 Å². The monoisotopic (exact) mass is 584 g/mol. The molecule has 212 valence electrons. The van der Waals surface area contributed by atoms with E-state index in [0.717, 1.165) is 28.0 Å². The number of nitrogens with zero attached hydrogens (tertiary/aromatic N) is 2. The smallest absolute Gasteiger partial charge is 0.335 e. The summed E-state index contributed by atoms with van der Waals surface area (Å²) in [5, 5.41) is 11.2. The number of aromatic carboxylic acids is 1. The Labute approximate surface area is 240 Å². The Morgan fingerprint density at radius 3 is 2.48 bits per heavy atom. The topological polar surface area (TPSA) is 144 Å². The highest BCUT2D eigenvalue weighted by Gasteiger charge is 2.21. The Balaban J connectivity index is 0.00000441. The van der Waals surface area contributed by atoms with Gasteiger partial charge in [-0.25, -0.2) is 22.9 Å². The Morgan fingerprint density at radius 1 is 1.05 bits per heavy atom. The minimum atomic E-state index is -4.21. The number of carboxylic acids is 1. The lowest BCUT2D eigenvalue weighted by Crippen LogP contribution is -2.32. The number of halogens is 1. The summed E-state index contributed by atoms with van der Waals surface area (Å²) in [5.41, 5.74) is 8.35. The van der Waals surface area contributed by atoms with Crippen LogP contribution in [0.2, 0.25) is 0 Å². The summed E-state index contributed by atoms with van der Waals surface area (Å²) in [6.07, 6.45) is 0.715. The summed E-state index contributed by atoms with van der Waals surface area (Å²) >= 11 is 0. The second kappa shape index (κ2) is 12.2. The molecule has 0 aliphatic carbocycles. The van der Waals surface area contributed by atoms with E-state index >= 15 is 0 Å². The van der Waals surface area contributed by atoms with E-state index < -0.39 is 16.0 Å². The molecule has 1 heterocycles. The van der Waals surface area contributed by atoms with E-state index in [2.05, 4.69) is 35.5 Å². The Morgan fingerprint density at radius 2 is 1.77 bits per heavy atom. The molecular formula is C29H33ClN4O5S. The highest BCUT2D eigenvalue weighted by Crippen LogP contribution is 2.33. The number of ether oxygens (including phenoxy) is 1. The van der Waals surface area contributed by atoms with Crippen molar-refractivity contribution in [2.45, 2.75) is 45.1 Å². The number of rotatable bonds is 9. The number of aryl methyl sites for hydroxylation is 1. The normalized spacial score (nSPS) is 12.4. The van der Waals surface area contributed by atoms with Gasteiger partial charge in [0.25, 0.3) is 10.0 Å². The first kappa shape index (κ1) is 30.8. The third-order valence-electron chi connectivity index (χ3n) is 6.03. The van der Waals surface area contributed by atoms with Crippen molar-refractivity contribution in [2.24, 2.45) is 11.1 Å². The lowest BCUT2D eigenvalue weighted by Gasteiger charge is -2.23. The molecule has 0 aliphatic rings. The quantitative estimate of drug-likeness (QED) is 0.228. The summed E-state index contributed by atoms with van der Waals surface area (Å²) in [5.74, 6) is -1.28. The minimum Gasteiger partial charge on any atom is -0.478 e. The Hall–Kier alpha value is -3.73. The van der Waals surface area contributed by atoms with Gasteiger partial charge < -0.3 is 15.6 Å². The number of sulfonamides is 1. The molecule has 9 nitrogen and oxygen atoms in total. The van der Waals surface area contributed by atoms with Crippen LogP contribution in [0.5, 0.6) is 5.88 Å². The van der Waals surface area contributed by atoms with Gasteiger partial charge in [0.2, 0.25) is 11.8 Å². The zero-order valence-electron chi connectivity index (χ0n) is 22.7. The molecule has 0 amide bonds. The summed E-state index contributed by atoms with van der Waals surface area (Å²) in [4.78, 5) is 20.0. The number of nitrogens with one attached hydrogen (secondary N) is 1. The number of fused-ring (bicyclic) bond motifs is 1. The highest BCUT2D eigenvalue weighted by molar-refractivity contribution is 7.92. The maximum atomic E-state index is 13.2. The van der Waals surface area contributed by atoms with Crippen molar-refractivity contribution < 1.29 is 23.1 Å². The number of hydrogen-bond acceptors (Lipinski definition) is 7. The molecular weight excluding hydrogens is 552 g/mol. The van der Waals surface area contributed by atoms with E-state index in [9.17, 15) is 18.3 Å². The molecule has 3 aromatic carbocycles. The number of nitrogens with two attached hydrogens (primary N) is 1. The summed E-state index contributed by atoms with van der Waals surface area (Å²) in [7, 11) is -4.21. The van der Waals surface area contributed by atoms with E-state index in [1.165, 1.54) is 18.2 Å². The first-order chi connectivity index (χ1) is 18.3. The first-order valence-corrected chi connectivity index (χ1v) is 13.9. The summed E-state index contributed by atoms with van der Waals surface area (Å²) in [6.45, 7) is 8.39. The van der Waals surface area contributed by atoms with Gasteiger partial charge in [0, 0.05) is 17.7 Å². The second-order valence-corrected chi connectivity index (χ2v) is 12.4. The minimum absolute atomic E-state index is 0. The van der Waals surface area contributed by atoms with Gasteiger partial charge >= 0.3 is 5.97 Å². The molecule has 0 unspecified atom stereocenters. The van der Waals surface area contributed by atoms with Crippen LogP contribution < -0.4 is 15.2 Å². The van der Waals surface area contributed by atoms with Gasteiger partial charge in [-0.05, 0) is 53.3 Å². The zero-order valence-corrected chi connectivity index (χ0v) is 24.3. The largest absolute Gasteiger partial charge is 0.478 e. The van der Waals surface area contributed by atoms with Crippen molar-refractivity contribution in [3.8, 4) is 17.1 Å². The number of benzene rings is 3. The number of anilines is 1. The van der Waals surface area contributed by atoms with Crippen molar-refractivity contribution in [3.05, 3.63) is 77.9 Å². The van der Waals surface area contributed by atoms with Crippen LogP contribution in [0, 0.1) is 12.3 Å². The van der Waals surface area contributed by atoms with Gasteiger partial charge in [-0.2, -0.15) is 4.98 Å². The number of carboxylic acid groups (broad SMARTS) is 1. The van der Waals surface area contributed by atoms with E-state index in [1.807, 2.05) is 43.3 Å². The van der Waals surface area contributed by atoms with Crippen LogP contribution >= 0.6 is 12.4 Å². The Kier molecular flexibility index (Phi) is 9.40. The van der Waals surface area contributed by atoms with E-state index in [-0.39, 0.29) is 52.8 Å². The second-order valence-electron chi connectivity index (χ2n) is 10.7. The van der Waals surface area contributed by atoms with Gasteiger partial charge in [0.1, 0.15) is 6.61 Å². The number of carbonyl (C=O) groups is 1. The SMILES string of the molecule is Cc1ccc2ccccc2c1-c1cc(OC[C@H](N)CC(C)(C)C)nc(NS(=O)(=O)c2cccc(C(=O)O)c2)n1.Cl. The summed E-state index contributed by atoms with van der Waals surface area (Å²) in [6, 6.07) is 18.3. The molecule has 4 aromatic rings. The van der Waals surface area contributed by atoms with Gasteiger partial charge in [0.05, 0.1) is 16.2 Å². The van der Waals surface area contributed by atoms with Gasteiger partial charge in [-0.15, -0.1) is 12.4 Å². The van der Waals surface area contributed by atoms with E-state index in [4.69, 9.17) is 10.5 Å². The zero-order chi connectivity index (χ0) is 28.4. The third kappa shape index (κ3) is 7.47. The molecule has 4 rings (SSSR count). The fourth-order valence-corrected chi connectivity index (χ4v) is 5.40. The van der Waals surface area contributed by atoms with E-state index in [1.54, 1.807) is 6.07 Å². The molecule has 11 heteroatoms. The van der Waals surface area contributed by atoms with Crippen molar-refractivity contribution in [3.63, 3.8) is 0 Å². The predicted molar refractivity (Wildman–Crippen MR) is 159 cm³/mol. The van der Waals surface area contributed by atoms with Crippen LogP contribution in [0.25, 0.3) is 22.0 Å². The lowest BCUT2D eigenvalue weighted by atomic mass is 9.89. The van der Waals surface area contributed by atoms with Crippen LogP contribution in [0.3, 0.4) is 0 Å². The fraction of sp³-hybridized carbons (Fsp3) is 0.276. The van der Waals surface area contributed by atoms with Crippen molar-refractivity contribution in [2.75, 3.05) is 11.3 Å². The predicted octanol–water partition coefficient (Wildman–Crippen LogP) is 5.67. The average molecular weight is 585 g/mol. The third-order valence-corrected chi connectivity index (χ3v) is 7.36. The molecule has 0 saturated carbocycles. The number of aromatic nitrogens is 2. The maximum Gasteiger partial charge on any atom is 0.335 e. The molecule has 4 N–H and O–H groups in total. The standard InChI is InChI=1S/C29H32N4O5S.ClH/c1-18-12-13-19-8-5-6-11-23(19)26(18)24-15-25(38-17-21(30)16-29(2,3)4)32-28(31-24)33-39(36,37)22-10-7-9-20(14-22)27(34)35;/h5-15,21H,16-17,30H2,1-4H3,(H,34,35)(H,31,32,33);1H/t21-;/m1./s1. The first-order valence-electron chi connectivity index (χ1n) is 12.4. The fourth-order valence-electron chi connectivity index (χ4n) is 4.41. The van der Waals surface area contributed by atoms with Crippen LogP contribution in [0.1, 0.15) is 43.1 Å². The molecule has 0 radical (unpaired) electrons. The lowest BCUT2D eigenvalue weighted by molar-refractivity contribution is 0.0696. The molecule has 0 bridgehead atoms. The van der Waals surface area contributed by atoms with Crippen LogP contribution in [0.4, 0.5) is 5.95 Å². The molecule has 0 aliphatic heterocycles. The van der Waals surface area contributed by atoms with Crippen LogP contribution in [0.15, 0.2) is 71.6 Å². The molecule has 0 saturated heterocycles. The van der Waals surface area contributed by atoms with Gasteiger partial charge in [0.15, 0.2) is 0 Å². The average Bonchev–Trinajstić information content (AvgIpc) is 2.86. The van der Waals surface area contributed by atoms with Gasteiger partial charge in [-0.3, -0.25) is 0 Å². The maximum absolute atomic E-state index is 13.2. The van der Waals surface area contributed by atoms with Crippen molar-refractivity contribution >= 4 is 45.1 Å². The molecule has 0 spiro atoms. The van der Waals surface area contributed by atoms with Crippen molar-refractivity contribution in [1.29, 1.82) is 0 Å². The number of hydrogen-bond donors (Lipinski definition) is 3. The van der Waals surface area contributed by atoms with Crippen LogP contribution in [-0.2, 0) is 10.0 Å². The Bertz CT molecular complexity index is 1640. The van der Waals surface area contributed by atoms with Crippen LogP contribution in [-0.4, -0.2) is 42.1 Å². The molecule has 1 atom stereocenters. The van der Waals surface area contributed by atoms with Gasteiger partial charge in [-0.1, -0.05) is 63.2 Å². The molecule has 1 aromatic heterocycles. The molecule has 0 fully saturated rings.